The molecule has 30 heavy (non-hydrogen) atoms. The van der Waals surface area contributed by atoms with Gasteiger partial charge in [0.05, 0.1) is 24.2 Å². The van der Waals surface area contributed by atoms with Gasteiger partial charge in [-0.25, -0.2) is 13.6 Å². The lowest BCUT2D eigenvalue weighted by Crippen LogP contribution is -2.20. The molecular weight excluding hydrogens is 432 g/mol. The topological polar surface area (TPSA) is 178 Å². The number of hydrogen-bond acceptors (Lipinski definition) is 8. The van der Waals surface area contributed by atoms with Gasteiger partial charge >= 0.3 is 0 Å². The molecule has 0 spiro atoms. The minimum Gasteiger partial charge on any atom is -0.467 e. The number of nitrogens with one attached hydrogen (secondary N) is 1. The molecule has 0 saturated heterocycles. The van der Waals surface area contributed by atoms with E-state index in [9.17, 15) is 21.4 Å². The first-order valence-electron chi connectivity index (χ1n) is 8.31. The molecule has 12 heteroatoms. The number of hydrogen-bond donors (Lipinski definition) is 4. The van der Waals surface area contributed by atoms with Crippen LogP contribution in [0.1, 0.15) is 5.76 Å². The third-order valence-corrected chi connectivity index (χ3v) is 6.02. The summed E-state index contributed by atoms with van der Waals surface area (Å²) in [6, 6.07) is 14.3. The summed E-state index contributed by atoms with van der Waals surface area (Å²) in [5.41, 5.74) is 0.774. The van der Waals surface area contributed by atoms with Crippen LogP contribution in [-0.2, 0) is 26.7 Å². The van der Waals surface area contributed by atoms with Crippen LogP contribution in [0.5, 0.6) is 0 Å². The van der Waals surface area contributed by atoms with Gasteiger partial charge in [0.25, 0.3) is 10.1 Å². The number of primary sulfonamides is 1. The Labute approximate surface area is 174 Å². The average Bonchev–Trinajstić information content (AvgIpc) is 3.18. The molecule has 1 aromatic heterocycles. The minimum absolute atomic E-state index is 0. The van der Waals surface area contributed by atoms with E-state index in [4.69, 9.17) is 9.56 Å². The molecule has 0 saturated carbocycles. The quantitative estimate of drug-likeness (QED) is 0.391. The summed E-state index contributed by atoms with van der Waals surface area (Å²) in [7, 11) is -7.44. The van der Waals surface area contributed by atoms with Gasteiger partial charge in [0, 0.05) is 12.7 Å². The lowest BCUT2D eigenvalue weighted by atomic mass is 10.2. The Bertz CT molecular complexity index is 1210. The van der Waals surface area contributed by atoms with E-state index in [-0.39, 0.29) is 24.1 Å². The van der Waals surface area contributed by atoms with Crippen LogP contribution in [0, 0.1) is 0 Å². The van der Waals surface area contributed by atoms with E-state index in [1.165, 1.54) is 12.3 Å². The number of benzene rings is 2. The van der Waals surface area contributed by atoms with Crippen molar-refractivity contribution in [2.75, 3.05) is 17.3 Å². The highest BCUT2D eigenvalue weighted by atomic mass is 32.2. The second-order valence-electron chi connectivity index (χ2n) is 6.16. The van der Waals surface area contributed by atoms with E-state index in [2.05, 4.69) is 5.32 Å². The smallest absolute Gasteiger partial charge is 0.296 e. The zero-order valence-electron chi connectivity index (χ0n) is 16.0. The molecule has 2 aromatic carbocycles. The predicted octanol–water partition coefficient (Wildman–Crippen LogP) is 2.72. The van der Waals surface area contributed by atoms with Gasteiger partial charge in [-0.15, -0.1) is 0 Å². The zero-order chi connectivity index (χ0) is 21.2. The Kier molecular flexibility index (Phi) is 6.90. The maximum atomic E-state index is 12.2. The summed E-state index contributed by atoms with van der Waals surface area (Å²) in [6.07, 6.45) is 1.46. The molecule has 0 atom stereocenters. The molecule has 162 valence electrons. The van der Waals surface area contributed by atoms with Crippen LogP contribution in [0.4, 0.5) is 17.1 Å². The van der Waals surface area contributed by atoms with E-state index >= 15 is 0 Å². The minimum atomic E-state index is -4.75. The summed E-state index contributed by atoms with van der Waals surface area (Å²) >= 11 is 0. The summed E-state index contributed by atoms with van der Waals surface area (Å²) in [5, 5.41) is 8.17. The van der Waals surface area contributed by atoms with E-state index in [1.54, 1.807) is 54.4 Å². The Morgan fingerprint density at radius 1 is 1.03 bits per heavy atom. The normalized spacial score (nSPS) is 11.6. The highest BCUT2D eigenvalue weighted by Crippen LogP contribution is 2.36. The van der Waals surface area contributed by atoms with Gasteiger partial charge in [-0.2, -0.15) is 8.42 Å². The van der Waals surface area contributed by atoms with Crippen LogP contribution in [0.2, 0.25) is 0 Å². The fraction of sp³-hybridized carbons (Fsp3) is 0.111. The van der Waals surface area contributed by atoms with Gasteiger partial charge in [-0.3, -0.25) is 4.55 Å². The third kappa shape index (κ3) is 5.17. The van der Waals surface area contributed by atoms with Crippen molar-refractivity contribution < 1.29 is 25.8 Å². The maximum absolute atomic E-state index is 12.2. The number of para-hydroxylation sites is 1. The first kappa shape index (κ1) is 23.4. The second-order valence-corrected chi connectivity index (χ2v) is 9.08. The highest BCUT2D eigenvalue weighted by molar-refractivity contribution is 7.89. The molecule has 7 N–H and O–H groups in total. The maximum Gasteiger partial charge on any atom is 0.296 e. The van der Waals surface area contributed by atoms with E-state index in [0.29, 0.717) is 11.4 Å². The molecule has 0 fully saturated rings. The summed E-state index contributed by atoms with van der Waals surface area (Å²) < 4.78 is 62.9. The van der Waals surface area contributed by atoms with Crippen LogP contribution in [0.25, 0.3) is 0 Å². The fourth-order valence-electron chi connectivity index (χ4n) is 2.78. The number of sulfonamides is 1. The third-order valence-electron chi connectivity index (χ3n) is 4.18. The second kappa shape index (κ2) is 8.85. The Hall–Kier alpha value is -2.90. The van der Waals surface area contributed by atoms with Gasteiger partial charge in [0.2, 0.25) is 10.0 Å². The van der Waals surface area contributed by atoms with Crippen LogP contribution >= 0.6 is 0 Å². The van der Waals surface area contributed by atoms with Crippen LogP contribution in [0.3, 0.4) is 0 Å². The van der Waals surface area contributed by atoms with Crippen molar-refractivity contribution in [2.45, 2.75) is 16.3 Å². The van der Waals surface area contributed by atoms with Gasteiger partial charge in [-0.05, 0) is 36.4 Å². The molecule has 0 aliphatic rings. The molecule has 0 amide bonds. The Morgan fingerprint density at radius 2 is 1.70 bits per heavy atom. The predicted molar refractivity (Wildman–Crippen MR) is 113 cm³/mol. The molecule has 0 radical (unpaired) electrons. The molecule has 0 unspecified atom stereocenters. The molecular formula is C18H22N4O6S2. The largest absolute Gasteiger partial charge is 0.467 e. The van der Waals surface area contributed by atoms with E-state index < -0.39 is 29.9 Å². The van der Waals surface area contributed by atoms with Crippen molar-refractivity contribution in [3.8, 4) is 0 Å². The SMILES string of the molecule is CN(c1ccccc1)c1cc(NCc2ccco2)c(S(=O)(=O)O)cc1S(N)(=O)=O.N. The van der Waals surface area contributed by atoms with Crippen molar-refractivity contribution >= 4 is 37.2 Å². The van der Waals surface area contributed by atoms with Crippen LogP contribution in [0.15, 0.2) is 75.1 Å². The molecule has 0 bridgehead atoms. The first-order valence-corrected chi connectivity index (χ1v) is 11.3. The Balaban J connectivity index is 0.00000320. The molecule has 1 heterocycles. The average molecular weight is 455 g/mol. The number of rotatable bonds is 7. The van der Waals surface area contributed by atoms with E-state index in [1.807, 2.05) is 0 Å². The molecule has 0 aliphatic heterocycles. The standard InChI is InChI=1S/C18H19N3O6S2.H3N/c1-21(13-6-3-2-4-7-13)16-10-15(20-12-14-8-5-9-27-14)17(29(24,25)26)11-18(16)28(19,22)23;/h2-11,20H,12H2,1H3,(H2,19,22,23)(H,24,25,26);1H3. The van der Waals surface area contributed by atoms with Gasteiger partial charge in [0.15, 0.2) is 0 Å². The Morgan fingerprint density at radius 3 is 2.23 bits per heavy atom. The monoisotopic (exact) mass is 454 g/mol. The van der Waals surface area contributed by atoms with E-state index in [0.717, 1.165) is 6.07 Å². The lowest BCUT2D eigenvalue weighted by Gasteiger charge is -2.24. The summed E-state index contributed by atoms with van der Waals surface area (Å²) in [4.78, 5) is 0.490. The van der Waals surface area contributed by atoms with Crippen molar-refractivity contribution in [3.63, 3.8) is 0 Å². The number of anilines is 3. The fourth-order valence-corrected chi connectivity index (χ4v) is 4.30. The van der Waals surface area contributed by atoms with Crippen molar-refractivity contribution in [3.05, 3.63) is 66.6 Å². The number of nitrogens with two attached hydrogens (primary N) is 1. The number of nitrogens with zero attached hydrogens (tertiary/aromatic N) is 1. The van der Waals surface area contributed by atoms with Gasteiger partial charge in [-0.1, -0.05) is 18.2 Å². The number of furan rings is 1. The summed E-state index contributed by atoms with van der Waals surface area (Å²) in [5.74, 6) is 0.514. The molecule has 3 aromatic rings. The highest BCUT2D eigenvalue weighted by Gasteiger charge is 2.26. The molecule has 0 aliphatic carbocycles. The summed E-state index contributed by atoms with van der Waals surface area (Å²) in [6.45, 7) is 0.110. The van der Waals surface area contributed by atoms with Gasteiger partial charge < -0.3 is 20.8 Å². The van der Waals surface area contributed by atoms with Crippen molar-refractivity contribution in [1.82, 2.24) is 6.15 Å². The van der Waals surface area contributed by atoms with Gasteiger partial charge in [0.1, 0.15) is 15.6 Å². The molecule has 10 nitrogen and oxygen atoms in total. The zero-order valence-corrected chi connectivity index (χ0v) is 17.7. The lowest BCUT2D eigenvalue weighted by molar-refractivity contribution is 0.483. The van der Waals surface area contributed by atoms with Crippen molar-refractivity contribution in [1.29, 1.82) is 0 Å². The van der Waals surface area contributed by atoms with Crippen molar-refractivity contribution in [2.24, 2.45) is 5.14 Å². The first-order chi connectivity index (χ1) is 13.6. The molecule has 3 rings (SSSR count). The van der Waals surface area contributed by atoms with Crippen LogP contribution in [-0.4, -0.2) is 28.4 Å². The van der Waals surface area contributed by atoms with Crippen LogP contribution < -0.4 is 21.5 Å².